The third kappa shape index (κ3) is 7.09. The minimum atomic E-state index is -1.16. The number of ether oxygens (including phenoxy) is 1. The van der Waals surface area contributed by atoms with E-state index >= 15 is 0 Å². The molecule has 13 heteroatoms. The fourth-order valence-corrected chi connectivity index (χ4v) is 6.56. The van der Waals surface area contributed by atoms with Crippen molar-refractivity contribution in [2.45, 2.75) is 58.5 Å². The Labute approximate surface area is 293 Å². The van der Waals surface area contributed by atoms with Gasteiger partial charge in [-0.2, -0.15) is 5.10 Å². The van der Waals surface area contributed by atoms with Gasteiger partial charge in [-0.1, -0.05) is 20.8 Å². The second-order valence-corrected chi connectivity index (χ2v) is 14.3. The van der Waals surface area contributed by atoms with Gasteiger partial charge in [0.15, 0.2) is 0 Å². The molecule has 0 spiro atoms. The van der Waals surface area contributed by atoms with E-state index < -0.39 is 29.1 Å². The summed E-state index contributed by atoms with van der Waals surface area (Å²) in [7, 11) is 0. The Morgan fingerprint density at radius 1 is 0.902 bits per heavy atom. The molecule has 3 heterocycles. The van der Waals surface area contributed by atoms with Gasteiger partial charge in [-0.15, -0.1) is 0 Å². The number of rotatable bonds is 8. The lowest BCUT2D eigenvalue weighted by Crippen LogP contribution is -2.51. The highest BCUT2D eigenvalue weighted by Crippen LogP contribution is 2.47. The number of benzene rings is 3. The van der Waals surface area contributed by atoms with Crippen molar-refractivity contribution >= 4 is 40.3 Å². The summed E-state index contributed by atoms with van der Waals surface area (Å²) in [5.74, 6) is -0.144. The minimum Gasteiger partial charge on any atom is -0.465 e. The van der Waals surface area contributed by atoms with Crippen molar-refractivity contribution in [3.63, 3.8) is 0 Å². The molecule has 262 valence electrons. The molecule has 1 saturated heterocycles. The Hall–Kier alpha value is -5.85. The predicted octanol–water partition coefficient (Wildman–Crippen LogP) is 7.51. The summed E-state index contributed by atoms with van der Waals surface area (Å²) in [6.45, 7) is 6.65. The van der Waals surface area contributed by atoms with Crippen LogP contribution in [0.4, 0.5) is 20.6 Å². The van der Waals surface area contributed by atoms with Gasteiger partial charge in [0, 0.05) is 41.8 Å². The number of hydrogen-bond donors (Lipinski definition) is 3. The molecule has 7 rings (SSSR count). The highest BCUT2D eigenvalue weighted by Gasteiger charge is 2.56. The number of likely N-dealkylation sites (tertiary alicyclic amines) is 1. The Kier molecular flexibility index (Phi) is 8.65. The fraction of sp³-hybridized carbons (Fsp3) is 0.316. The molecule has 1 aliphatic heterocycles. The Morgan fingerprint density at radius 2 is 1.55 bits per heavy atom. The Balaban J connectivity index is 0.996. The van der Waals surface area contributed by atoms with Crippen molar-refractivity contribution in [2.24, 2.45) is 10.8 Å². The predicted molar refractivity (Wildman–Crippen MR) is 189 cm³/mol. The maximum Gasteiger partial charge on any atom is 0.407 e. The molecular formula is C38H38FN7O5. The molecule has 0 radical (unpaired) electrons. The number of nitrogens with zero attached hydrogens (tertiary/aromatic N) is 5. The molecule has 3 N–H and O–H groups in total. The summed E-state index contributed by atoms with van der Waals surface area (Å²) in [5, 5.41) is 19.9. The number of carbonyl (C=O) groups is 3. The van der Waals surface area contributed by atoms with Crippen LogP contribution in [0.15, 0.2) is 85.3 Å². The quantitative estimate of drug-likeness (QED) is 0.141. The van der Waals surface area contributed by atoms with E-state index in [-0.39, 0.29) is 17.5 Å². The zero-order chi connectivity index (χ0) is 35.9. The number of carboxylic acid groups (broad SMARTS) is 1. The number of fused-ring (bicyclic) bond motifs is 1. The molecule has 2 atom stereocenters. The minimum absolute atomic E-state index is 0.0637. The number of nitrogens with one attached hydrogen (secondary N) is 2. The van der Waals surface area contributed by atoms with Gasteiger partial charge in [0.05, 0.1) is 35.2 Å². The summed E-state index contributed by atoms with van der Waals surface area (Å²) in [6, 6.07) is 17.6. The zero-order valence-corrected chi connectivity index (χ0v) is 28.5. The molecule has 51 heavy (non-hydrogen) atoms. The highest BCUT2D eigenvalue weighted by molar-refractivity contribution is 6.16. The van der Waals surface area contributed by atoms with E-state index in [1.54, 1.807) is 53.7 Å². The van der Waals surface area contributed by atoms with Crippen molar-refractivity contribution in [2.75, 3.05) is 17.2 Å². The lowest BCUT2D eigenvalue weighted by Gasteiger charge is -2.44. The third-order valence-electron chi connectivity index (χ3n) is 9.67. The van der Waals surface area contributed by atoms with Crippen LogP contribution < -0.4 is 15.4 Å². The third-order valence-corrected chi connectivity index (χ3v) is 9.67. The topological polar surface area (TPSA) is 152 Å². The molecule has 12 nitrogen and oxygen atoms in total. The monoisotopic (exact) mass is 691 g/mol. The van der Waals surface area contributed by atoms with E-state index in [1.165, 1.54) is 24.3 Å². The molecule has 3 aromatic carbocycles. The summed E-state index contributed by atoms with van der Waals surface area (Å²) in [5.41, 5.74) is 2.37. The first kappa shape index (κ1) is 33.6. The van der Waals surface area contributed by atoms with Crippen molar-refractivity contribution < 1.29 is 28.6 Å². The first-order valence-corrected chi connectivity index (χ1v) is 16.9. The van der Waals surface area contributed by atoms with Crippen LogP contribution in [0.2, 0.25) is 0 Å². The van der Waals surface area contributed by atoms with Crippen LogP contribution in [0.5, 0.6) is 11.5 Å². The SMILES string of the molecule is CC(C)(C)C1CC(n2cc(-c3cnc4ccc(Oc5ccc(NC(=O)C6(C(=O)Nc7ccc(F)cc7)CC6)cc5)cc4n3)cn2)CCN1C(=O)O. The van der Waals surface area contributed by atoms with E-state index in [0.717, 1.165) is 5.56 Å². The summed E-state index contributed by atoms with van der Waals surface area (Å²) < 4.78 is 21.2. The fourth-order valence-electron chi connectivity index (χ4n) is 6.56. The molecule has 5 aromatic rings. The molecule has 1 saturated carbocycles. The van der Waals surface area contributed by atoms with Crippen molar-refractivity contribution in [1.29, 1.82) is 0 Å². The van der Waals surface area contributed by atoms with Crippen LogP contribution in [-0.4, -0.2) is 60.2 Å². The van der Waals surface area contributed by atoms with E-state index in [1.807, 2.05) is 16.9 Å². The van der Waals surface area contributed by atoms with Crippen LogP contribution in [0.3, 0.4) is 0 Å². The van der Waals surface area contributed by atoms with Gasteiger partial charge in [0.1, 0.15) is 22.7 Å². The number of halogens is 1. The number of amides is 3. The number of hydrogen-bond acceptors (Lipinski definition) is 7. The van der Waals surface area contributed by atoms with Crippen LogP contribution in [-0.2, 0) is 9.59 Å². The van der Waals surface area contributed by atoms with Gasteiger partial charge in [0.25, 0.3) is 0 Å². The summed E-state index contributed by atoms with van der Waals surface area (Å²) in [4.78, 5) is 48.8. The van der Waals surface area contributed by atoms with Gasteiger partial charge in [-0.25, -0.2) is 14.2 Å². The van der Waals surface area contributed by atoms with Crippen LogP contribution >= 0.6 is 0 Å². The molecule has 3 amide bonds. The van der Waals surface area contributed by atoms with Gasteiger partial charge in [-0.05, 0) is 91.8 Å². The van der Waals surface area contributed by atoms with E-state index in [2.05, 4.69) is 41.5 Å². The zero-order valence-electron chi connectivity index (χ0n) is 28.5. The van der Waals surface area contributed by atoms with Crippen molar-refractivity contribution in [1.82, 2.24) is 24.6 Å². The average Bonchev–Trinajstić information content (AvgIpc) is 3.79. The first-order valence-electron chi connectivity index (χ1n) is 16.9. The Bertz CT molecular complexity index is 2110. The molecule has 2 aliphatic rings. The number of anilines is 2. The van der Waals surface area contributed by atoms with Crippen LogP contribution in [0.1, 0.15) is 52.5 Å². The van der Waals surface area contributed by atoms with E-state index in [4.69, 9.17) is 9.72 Å². The number of carbonyl (C=O) groups excluding carboxylic acids is 2. The van der Waals surface area contributed by atoms with E-state index in [0.29, 0.717) is 71.8 Å². The number of piperidine rings is 1. The maximum atomic E-state index is 13.2. The molecule has 2 fully saturated rings. The van der Waals surface area contributed by atoms with Crippen molar-refractivity contribution in [3.05, 3.63) is 91.1 Å². The maximum absolute atomic E-state index is 13.2. The van der Waals surface area contributed by atoms with Crippen LogP contribution in [0, 0.1) is 16.6 Å². The summed E-state index contributed by atoms with van der Waals surface area (Å²) >= 11 is 0. The molecule has 2 aromatic heterocycles. The summed E-state index contributed by atoms with van der Waals surface area (Å²) in [6.07, 6.45) is 6.72. The lowest BCUT2D eigenvalue weighted by molar-refractivity contribution is -0.131. The smallest absolute Gasteiger partial charge is 0.407 e. The second kappa shape index (κ2) is 13.1. The first-order chi connectivity index (χ1) is 24.4. The standard InChI is InChI=1S/C38H38FN7O5/c1-37(2,3)33-18-27(14-17-45(33)36(49)50)46-22-23(20-41-46)32-21-40-30-13-12-29(19-31(30)44-32)51-28-10-8-26(9-11-28)43-35(48)38(15-16-38)34(47)42-25-6-4-24(39)5-7-25/h4-13,19-22,27,33H,14-18H2,1-3H3,(H,42,47)(H,43,48)(H,49,50). The lowest BCUT2D eigenvalue weighted by atomic mass is 9.79. The largest absolute Gasteiger partial charge is 0.465 e. The van der Waals surface area contributed by atoms with Crippen LogP contribution in [0.25, 0.3) is 22.3 Å². The molecule has 1 aliphatic carbocycles. The number of aromatic nitrogens is 4. The normalized spacial score (nSPS) is 18.2. The average molecular weight is 692 g/mol. The second-order valence-electron chi connectivity index (χ2n) is 14.3. The van der Waals surface area contributed by atoms with Crippen molar-refractivity contribution in [3.8, 4) is 22.8 Å². The van der Waals surface area contributed by atoms with E-state index in [9.17, 15) is 23.9 Å². The highest BCUT2D eigenvalue weighted by atomic mass is 19.1. The molecule has 2 unspecified atom stereocenters. The Morgan fingerprint density at radius 3 is 2.18 bits per heavy atom. The molecule has 0 bridgehead atoms. The molecular weight excluding hydrogens is 653 g/mol. The van der Waals surface area contributed by atoms with Gasteiger partial charge in [-0.3, -0.25) is 19.3 Å². The van der Waals surface area contributed by atoms with Gasteiger partial charge >= 0.3 is 6.09 Å². The van der Waals surface area contributed by atoms with Gasteiger partial charge in [0.2, 0.25) is 11.8 Å². The van der Waals surface area contributed by atoms with Gasteiger partial charge < -0.3 is 25.4 Å².